The number of nitrogens with one attached hydrogen (secondary N) is 2. The van der Waals surface area contributed by atoms with Gasteiger partial charge in [0, 0.05) is 13.6 Å². The predicted octanol–water partition coefficient (Wildman–Crippen LogP) is 0.181. The third-order valence-corrected chi connectivity index (χ3v) is 1.38. The Morgan fingerprint density at radius 2 is 2.50 bits per heavy atom. The molecule has 10 heavy (non-hydrogen) atoms. The molecule has 0 radical (unpaired) electrons. The molecule has 0 aromatic rings. The van der Waals surface area contributed by atoms with E-state index in [0.717, 1.165) is 18.1 Å². The number of methoxy groups -OCH3 is 1. The minimum Gasteiger partial charge on any atom is -0.493 e. The zero-order chi connectivity index (χ0) is 7.40. The molecule has 0 saturated heterocycles. The Labute approximate surface area is 60.8 Å². The van der Waals surface area contributed by atoms with Crippen LogP contribution < -0.4 is 10.6 Å². The van der Waals surface area contributed by atoms with Crippen molar-refractivity contribution in [1.82, 2.24) is 10.6 Å². The van der Waals surface area contributed by atoms with Gasteiger partial charge in [-0.05, 0) is 6.08 Å². The zero-order valence-corrected chi connectivity index (χ0v) is 6.27. The van der Waals surface area contributed by atoms with Gasteiger partial charge >= 0.3 is 0 Å². The van der Waals surface area contributed by atoms with E-state index in [-0.39, 0.29) is 0 Å². The van der Waals surface area contributed by atoms with Gasteiger partial charge < -0.3 is 15.4 Å². The Kier molecular flexibility index (Phi) is 2.20. The maximum absolute atomic E-state index is 5.06. The van der Waals surface area contributed by atoms with Crippen LogP contribution in [0.5, 0.6) is 0 Å². The van der Waals surface area contributed by atoms with Crippen molar-refractivity contribution >= 4 is 0 Å². The summed E-state index contributed by atoms with van der Waals surface area (Å²) in [6, 6.07) is 0. The average molecular weight is 140 g/mol. The quantitative estimate of drug-likeness (QED) is 0.574. The van der Waals surface area contributed by atoms with Gasteiger partial charge in [0.05, 0.1) is 7.11 Å². The van der Waals surface area contributed by atoms with Crippen molar-refractivity contribution in [3.8, 4) is 0 Å². The first-order valence-electron chi connectivity index (χ1n) is 3.25. The number of allylic oxidation sites excluding steroid dienone is 1. The van der Waals surface area contributed by atoms with Gasteiger partial charge in [0.2, 0.25) is 0 Å². The highest BCUT2D eigenvalue weighted by atomic mass is 16.5. The summed E-state index contributed by atoms with van der Waals surface area (Å²) in [6.07, 6.45) is 3.96. The standard InChI is InChI=1S/C7H12N2O/c1-8-7-6(10-2)4-3-5-9-7/h3-4,8-9H,5H2,1-2H3. The molecule has 0 fully saturated rings. The lowest BCUT2D eigenvalue weighted by atomic mass is 10.3. The van der Waals surface area contributed by atoms with Crippen LogP contribution in [-0.2, 0) is 4.74 Å². The van der Waals surface area contributed by atoms with Crippen LogP contribution in [0.25, 0.3) is 0 Å². The molecule has 3 heteroatoms. The maximum atomic E-state index is 5.06. The summed E-state index contributed by atoms with van der Waals surface area (Å²) in [5.74, 6) is 1.80. The van der Waals surface area contributed by atoms with Crippen molar-refractivity contribution < 1.29 is 4.74 Å². The summed E-state index contributed by atoms with van der Waals surface area (Å²) in [4.78, 5) is 0. The molecule has 0 bridgehead atoms. The second-order valence-corrected chi connectivity index (χ2v) is 1.98. The van der Waals surface area contributed by atoms with Crippen molar-refractivity contribution in [3.63, 3.8) is 0 Å². The Morgan fingerprint density at radius 3 is 3.00 bits per heavy atom. The molecular formula is C7H12N2O. The molecule has 0 atom stereocenters. The summed E-state index contributed by atoms with van der Waals surface area (Å²) >= 11 is 0. The number of dihydropyridines is 1. The summed E-state index contributed by atoms with van der Waals surface area (Å²) < 4.78 is 5.06. The van der Waals surface area contributed by atoms with Gasteiger partial charge in [0.15, 0.2) is 5.76 Å². The average Bonchev–Trinajstić information content (AvgIpc) is 2.04. The van der Waals surface area contributed by atoms with E-state index in [0.29, 0.717) is 0 Å². The fourth-order valence-corrected chi connectivity index (χ4v) is 0.879. The molecule has 1 rings (SSSR count). The van der Waals surface area contributed by atoms with E-state index >= 15 is 0 Å². The number of hydrogen-bond acceptors (Lipinski definition) is 3. The third-order valence-electron chi connectivity index (χ3n) is 1.38. The van der Waals surface area contributed by atoms with Crippen molar-refractivity contribution in [2.45, 2.75) is 0 Å². The van der Waals surface area contributed by atoms with E-state index < -0.39 is 0 Å². The highest BCUT2D eigenvalue weighted by Gasteiger charge is 2.03. The van der Waals surface area contributed by atoms with Gasteiger partial charge in [-0.3, -0.25) is 0 Å². The van der Waals surface area contributed by atoms with E-state index in [2.05, 4.69) is 10.6 Å². The first kappa shape index (κ1) is 6.99. The minimum absolute atomic E-state index is 0.855. The van der Waals surface area contributed by atoms with Crippen LogP contribution in [0.3, 0.4) is 0 Å². The van der Waals surface area contributed by atoms with Crippen molar-refractivity contribution in [2.24, 2.45) is 0 Å². The second kappa shape index (κ2) is 3.15. The normalized spacial score (nSPS) is 16.6. The lowest BCUT2D eigenvalue weighted by Gasteiger charge is -2.15. The largest absolute Gasteiger partial charge is 0.493 e. The van der Waals surface area contributed by atoms with Crippen LogP contribution in [0, 0.1) is 0 Å². The maximum Gasteiger partial charge on any atom is 0.158 e. The molecule has 3 nitrogen and oxygen atoms in total. The van der Waals surface area contributed by atoms with Crippen LogP contribution in [0.4, 0.5) is 0 Å². The molecule has 0 aromatic carbocycles. The van der Waals surface area contributed by atoms with E-state index in [1.54, 1.807) is 7.11 Å². The third kappa shape index (κ3) is 1.23. The van der Waals surface area contributed by atoms with E-state index in [1.165, 1.54) is 0 Å². The first-order valence-corrected chi connectivity index (χ1v) is 3.25. The molecular weight excluding hydrogens is 128 g/mol. The topological polar surface area (TPSA) is 33.3 Å². The molecule has 0 amide bonds. The Morgan fingerprint density at radius 1 is 1.70 bits per heavy atom. The Hall–Kier alpha value is -1.12. The number of ether oxygens (including phenoxy) is 1. The fourth-order valence-electron chi connectivity index (χ4n) is 0.879. The summed E-state index contributed by atoms with van der Waals surface area (Å²) in [6.45, 7) is 0.864. The summed E-state index contributed by atoms with van der Waals surface area (Å²) in [7, 11) is 3.52. The lowest BCUT2D eigenvalue weighted by molar-refractivity contribution is 0.294. The van der Waals surface area contributed by atoms with Gasteiger partial charge in [0.1, 0.15) is 5.82 Å². The van der Waals surface area contributed by atoms with Gasteiger partial charge in [-0.15, -0.1) is 0 Å². The van der Waals surface area contributed by atoms with Gasteiger partial charge in [-0.1, -0.05) is 6.08 Å². The van der Waals surface area contributed by atoms with Crippen LogP contribution in [-0.4, -0.2) is 20.7 Å². The van der Waals surface area contributed by atoms with Crippen LogP contribution in [0.1, 0.15) is 0 Å². The minimum atomic E-state index is 0.855. The summed E-state index contributed by atoms with van der Waals surface area (Å²) in [5.41, 5.74) is 0. The van der Waals surface area contributed by atoms with Crippen LogP contribution in [0.15, 0.2) is 23.7 Å². The first-order chi connectivity index (χ1) is 4.88. The SMILES string of the molecule is CNC1=C(OC)C=CCN1. The number of rotatable bonds is 2. The zero-order valence-electron chi connectivity index (χ0n) is 6.27. The molecule has 1 aliphatic heterocycles. The molecule has 0 aliphatic carbocycles. The number of hydrogen-bond donors (Lipinski definition) is 2. The molecule has 0 aromatic heterocycles. The Bertz CT molecular complexity index is 172. The van der Waals surface area contributed by atoms with E-state index in [9.17, 15) is 0 Å². The molecule has 1 heterocycles. The smallest absolute Gasteiger partial charge is 0.158 e. The predicted molar refractivity (Wildman–Crippen MR) is 40.2 cm³/mol. The van der Waals surface area contributed by atoms with Crippen LogP contribution in [0.2, 0.25) is 0 Å². The molecule has 2 N–H and O–H groups in total. The van der Waals surface area contributed by atoms with Gasteiger partial charge in [-0.25, -0.2) is 0 Å². The Balaban J connectivity index is 2.73. The molecule has 0 saturated carbocycles. The van der Waals surface area contributed by atoms with E-state index in [1.807, 2.05) is 19.2 Å². The van der Waals surface area contributed by atoms with Crippen molar-refractivity contribution in [2.75, 3.05) is 20.7 Å². The monoisotopic (exact) mass is 140 g/mol. The van der Waals surface area contributed by atoms with Gasteiger partial charge in [-0.2, -0.15) is 0 Å². The lowest BCUT2D eigenvalue weighted by Crippen LogP contribution is -2.27. The molecule has 0 spiro atoms. The molecule has 56 valence electrons. The molecule has 1 aliphatic rings. The van der Waals surface area contributed by atoms with Crippen molar-refractivity contribution in [3.05, 3.63) is 23.7 Å². The summed E-state index contributed by atoms with van der Waals surface area (Å²) in [5, 5.41) is 6.12. The highest BCUT2D eigenvalue weighted by molar-refractivity contribution is 5.22. The van der Waals surface area contributed by atoms with Crippen LogP contribution >= 0.6 is 0 Å². The van der Waals surface area contributed by atoms with Gasteiger partial charge in [0.25, 0.3) is 0 Å². The highest BCUT2D eigenvalue weighted by Crippen LogP contribution is 2.04. The van der Waals surface area contributed by atoms with Crippen molar-refractivity contribution in [1.29, 1.82) is 0 Å². The molecule has 0 unspecified atom stereocenters. The second-order valence-electron chi connectivity index (χ2n) is 1.98. The fraction of sp³-hybridized carbons (Fsp3) is 0.429. The van der Waals surface area contributed by atoms with E-state index in [4.69, 9.17) is 4.74 Å².